The number of carbonyl (C=O) groups excluding carboxylic acids is 1. The highest BCUT2D eigenvalue weighted by Crippen LogP contribution is 2.23. The number of oxazole rings is 1. The predicted octanol–water partition coefficient (Wildman–Crippen LogP) is 3.03. The lowest BCUT2D eigenvalue weighted by atomic mass is 10.2. The van der Waals surface area contributed by atoms with Crippen molar-refractivity contribution < 1.29 is 9.21 Å². The number of rotatable bonds is 4. The van der Waals surface area contributed by atoms with E-state index in [0.29, 0.717) is 16.4 Å². The van der Waals surface area contributed by atoms with Crippen molar-refractivity contribution in [3.8, 4) is 0 Å². The minimum atomic E-state index is -0.131. The molecule has 0 spiro atoms. The number of anilines is 1. The van der Waals surface area contributed by atoms with Crippen molar-refractivity contribution in [2.75, 3.05) is 11.1 Å². The summed E-state index contributed by atoms with van der Waals surface area (Å²) in [5.74, 6) is 0.873. The van der Waals surface area contributed by atoms with Crippen molar-refractivity contribution in [3.63, 3.8) is 0 Å². The van der Waals surface area contributed by atoms with Crippen molar-refractivity contribution in [3.05, 3.63) is 29.7 Å². The molecule has 0 saturated carbocycles. The Morgan fingerprint density at radius 2 is 2.24 bits per heavy atom. The van der Waals surface area contributed by atoms with E-state index in [2.05, 4.69) is 19.0 Å². The van der Waals surface area contributed by atoms with Gasteiger partial charge in [-0.15, -0.1) is 0 Å². The highest BCUT2D eigenvalue weighted by Gasteiger charge is 2.11. The molecule has 21 heavy (non-hydrogen) atoms. The molecule has 0 bridgehead atoms. The lowest BCUT2D eigenvalue weighted by Crippen LogP contribution is -2.14. The van der Waals surface area contributed by atoms with Crippen molar-refractivity contribution in [2.24, 2.45) is 0 Å². The van der Waals surface area contributed by atoms with E-state index >= 15 is 0 Å². The average molecular weight is 320 g/mol. The Kier molecular flexibility index (Phi) is 3.89. The van der Waals surface area contributed by atoms with Gasteiger partial charge in [0.1, 0.15) is 16.8 Å². The zero-order valence-corrected chi connectivity index (χ0v) is 13.0. The molecule has 1 N–H and O–H groups in total. The summed E-state index contributed by atoms with van der Waals surface area (Å²) in [6, 6.07) is 5.51. The van der Waals surface area contributed by atoms with Crippen LogP contribution in [0.3, 0.4) is 0 Å². The second kappa shape index (κ2) is 5.82. The Bertz CT molecular complexity index is 777. The number of hydrogen-bond acceptors (Lipinski definition) is 7. The number of nitrogens with zero attached hydrogens (tertiary/aromatic N) is 3. The first-order chi connectivity index (χ1) is 10.1. The summed E-state index contributed by atoms with van der Waals surface area (Å²) in [6.45, 7) is 3.72. The van der Waals surface area contributed by atoms with Crippen LogP contribution < -0.4 is 5.32 Å². The van der Waals surface area contributed by atoms with Crippen molar-refractivity contribution in [1.82, 2.24) is 13.7 Å². The molecule has 0 radical (unpaired) electrons. The van der Waals surface area contributed by atoms with Crippen LogP contribution in [0.15, 0.2) is 27.8 Å². The maximum Gasteiger partial charge on any atom is 0.256 e. The number of benzene rings is 1. The molecule has 0 aliphatic carbocycles. The molecule has 8 heteroatoms. The number of thioether (sulfide) groups is 1. The van der Waals surface area contributed by atoms with Gasteiger partial charge in [-0.3, -0.25) is 4.79 Å². The molecule has 6 nitrogen and oxygen atoms in total. The maximum absolute atomic E-state index is 12.0. The van der Waals surface area contributed by atoms with E-state index in [-0.39, 0.29) is 11.7 Å². The molecule has 0 aliphatic rings. The zero-order chi connectivity index (χ0) is 14.8. The molecule has 0 atom stereocenters. The van der Waals surface area contributed by atoms with Gasteiger partial charge < -0.3 is 9.73 Å². The number of fused-ring (bicyclic) bond motifs is 1. The Hall–Kier alpha value is -1.93. The van der Waals surface area contributed by atoms with Gasteiger partial charge in [-0.05, 0) is 26.0 Å². The molecule has 108 valence electrons. The topological polar surface area (TPSA) is 80.9 Å². The number of nitrogens with one attached hydrogen (secondary N) is 1. The van der Waals surface area contributed by atoms with E-state index in [4.69, 9.17) is 4.42 Å². The van der Waals surface area contributed by atoms with E-state index < -0.39 is 0 Å². The minimum Gasteiger partial charge on any atom is -0.437 e. The molecule has 0 fully saturated rings. The van der Waals surface area contributed by atoms with E-state index in [1.165, 1.54) is 11.8 Å². The van der Waals surface area contributed by atoms with Crippen LogP contribution in [-0.4, -0.2) is 25.4 Å². The molecule has 2 aromatic heterocycles. The van der Waals surface area contributed by atoms with Crippen LogP contribution in [0.1, 0.15) is 11.5 Å². The first-order valence-corrected chi connectivity index (χ1v) is 7.93. The summed E-state index contributed by atoms with van der Waals surface area (Å²) >= 11 is 2.39. The van der Waals surface area contributed by atoms with Crippen LogP contribution in [0.5, 0.6) is 0 Å². The lowest BCUT2D eigenvalue weighted by molar-refractivity contribution is -0.113. The second-order valence-corrected chi connectivity index (χ2v) is 5.85. The standard InChI is InChI=1S/C13H12N4O2S2/c1-7-8(2)19-13(14-7)20-6-11(18)15-9-4-3-5-10-12(9)17-21-16-10/h3-5H,6H2,1-2H3,(H,15,18). The molecule has 2 heterocycles. The van der Waals surface area contributed by atoms with Gasteiger partial charge >= 0.3 is 0 Å². The monoisotopic (exact) mass is 320 g/mol. The highest BCUT2D eigenvalue weighted by molar-refractivity contribution is 7.99. The normalized spacial score (nSPS) is 11.0. The van der Waals surface area contributed by atoms with Gasteiger partial charge in [0.05, 0.1) is 28.9 Å². The first kappa shape index (κ1) is 14.0. The average Bonchev–Trinajstić information content (AvgIpc) is 3.05. The van der Waals surface area contributed by atoms with Gasteiger partial charge in [-0.25, -0.2) is 4.98 Å². The van der Waals surface area contributed by atoms with Gasteiger partial charge in [0.15, 0.2) is 0 Å². The van der Waals surface area contributed by atoms with Crippen LogP contribution >= 0.6 is 23.5 Å². The van der Waals surface area contributed by atoms with Crippen LogP contribution in [0, 0.1) is 13.8 Å². The molecular formula is C13H12N4O2S2. The SMILES string of the molecule is Cc1nc(SCC(=O)Nc2cccc3nsnc23)oc1C. The first-order valence-electron chi connectivity index (χ1n) is 6.21. The van der Waals surface area contributed by atoms with E-state index in [1.807, 2.05) is 32.0 Å². The van der Waals surface area contributed by atoms with Crippen LogP contribution in [-0.2, 0) is 4.79 Å². The molecule has 0 aliphatic heterocycles. The van der Waals surface area contributed by atoms with Crippen LogP contribution in [0.2, 0.25) is 0 Å². The Morgan fingerprint density at radius 1 is 1.38 bits per heavy atom. The fraction of sp³-hybridized carbons (Fsp3) is 0.231. The third-order valence-corrected chi connectivity index (χ3v) is 4.27. The molecule has 1 aromatic carbocycles. The third-order valence-electron chi connectivity index (χ3n) is 2.90. The quantitative estimate of drug-likeness (QED) is 0.744. The molecule has 3 rings (SSSR count). The van der Waals surface area contributed by atoms with Gasteiger partial charge in [-0.2, -0.15) is 8.75 Å². The zero-order valence-electron chi connectivity index (χ0n) is 11.4. The molecule has 1 amide bonds. The summed E-state index contributed by atoms with van der Waals surface area (Å²) in [5.41, 5.74) is 3.01. The summed E-state index contributed by atoms with van der Waals surface area (Å²) in [6.07, 6.45) is 0. The van der Waals surface area contributed by atoms with Crippen LogP contribution in [0.4, 0.5) is 5.69 Å². The Morgan fingerprint density at radius 3 is 3.00 bits per heavy atom. The van der Waals surface area contributed by atoms with E-state index in [0.717, 1.165) is 28.7 Å². The predicted molar refractivity (Wildman–Crippen MR) is 82.7 cm³/mol. The van der Waals surface area contributed by atoms with Crippen LogP contribution in [0.25, 0.3) is 11.0 Å². The summed E-state index contributed by atoms with van der Waals surface area (Å²) in [7, 11) is 0. The number of amides is 1. The number of aromatic nitrogens is 3. The molecular weight excluding hydrogens is 308 g/mol. The highest BCUT2D eigenvalue weighted by atomic mass is 32.2. The van der Waals surface area contributed by atoms with Gasteiger partial charge in [-0.1, -0.05) is 17.8 Å². The molecule has 0 saturated heterocycles. The largest absolute Gasteiger partial charge is 0.437 e. The summed E-state index contributed by atoms with van der Waals surface area (Å²) in [5, 5.41) is 3.35. The Labute approximate surface area is 129 Å². The van der Waals surface area contributed by atoms with E-state index in [9.17, 15) is 4.79 Å². The van der Waals surface area contributed by atoms with Gasteiger partial charge in [0.2, 0.25) is 5.91 Å². The summed E-state index contributed by atoms with van der Waals surface area (Å²) in [4.78, 5) is 16.2. The van der Waals surface area contributed by atoms with Crippen molar-refractivity contribution in [1.29, 1.82) is 0 Å². The summed E-state index contributed by atoms with van der Waals surface area (Å²) < 4.78 is 13.7. The van der Waals surface area contributed by atoms with Gasteiger partial charge in [0, 0.05) is 0 Å². The van der Waals surface area contributed by atoms with Gasteiger partial charge in [0.25, 0.3) is 5.22 Å². The van der Waals surface area contributed by atoms with Crippen molar-refractivity contribution >= 4 is 46.1 Å². The fourth-order valence-electron chi connectivity index (χ4n) is 1.73. The van der Waals surface area contributed by atoms with Crippen molar-refractivity contribution in [2.45, 2.75) is 19.1 Å². The maximum atomic E-state index is 12.0. The van der Waals surface area contributed by atoms with E-state index in [1.54, 1.807) is 0 Å². The number of carbonyl (C=O) groups is 1. The lowest BCUT2D eigenvalue weighted by Gasteiger charge is -2.04. The molecule has 0 unspecified atom stereocenters. The fourth-order valence-corrected chi connectivity index (χ4v) is 2.99. The number of hydrogen-bond donors (Lipinski definition) is 1. The smallest absolute Gasteiger partial charge is 0.256 e. The third kappa shape index (κ3) is 3.06. The Balaban J connectivity index is 1.65. The second-order valence-electron chi connectivity index (χ2n) is 4.40. The minimum absolute atomic E-state index is 0.131. The number of aryl methyl sites for hydroxylation is 2. The molecule has 3 aromatic rings.